The summed E-state index contributed by atoms with van der Waals surface area (Å²) in [5, 5.41) is 13.0. The van der Waals surface area contributed by atoms with Crippen LogP contribution in [0.15, 0.2) is 44.8 Å². The van der Waals surface area contributed by atoms with Crippen molar-refractivity contribution in [1.29, 1.82) is 0 Å². The molecule has 6 rings (SSSR count). The zero-order valence-corrected chi connectivity index (χ0v) is 62.6. The van der Waals surface area contributed by atoms with Gasteiger partial charge in [0.2, 0.25) is 0 Å². The van der Waals surface area contributed by atoms with Crippen LogP contribution in [-0.2, 0) is 38.0 Å². The van der Waals surface area contributed by atoms with Crippen LogP contribution in [0.1, 0.15) is 116 Å². The molecule has 0 unspecified atom stereocenters. The lowest BCUT2D eigenvalue weighted by Crippen LogP contribution is -2.27. The first-order valence-electron chi connectivity index (χ1n) is 25.6. The van der Waals surface area contributed by atoms with Gasteiger partial charge in [-0.2, -0.15) is 0 Å². The maximum Gasteiger partial charge on any atom is 0.413 e. The highest BCUT2D eigenvalue weighted by molar-refractivity contribution is 9.11. The number of hydrogen-bond donors (Lipinski definition) is 6. The van der Waals surface area contributed by atoms with Gasteiger partial charge in [-0.15, -0.1) is 28.9 Å². The third kappa shape index (κ3) is 44.4. The predicted molar refractivity (Wildman–Crippen MR) is 372 cm³/mol. The van der Waals surface area contributed by atoms with Gasteiger partial charge in [-0.25, -0.2) is 58.7 Å². The molecule has 6 heterocycles. The number of halogens is 3. The van der Waals surface area contributed by atoms with Gasteiger partial charge in [-0.3, -0.25) is 21.3 Å². The van der Waals surface area contributed by atoms with E-state index in [-0.39, 0.29) is 23.6 Å². The number of esters is 2. The SMILES string of the molecule is Br.C#Cc1cnc(NC(=O)OC(C)(C)C)s1.CC(C)(C)OC(=O)Nc1ncc(Br)s1.CC(C)(C)OC(=O)Nc1ncc(C#C[Si](C)(C)C)s1.CCOC(=O)C#Cc1cnc(N)s1.CCOC(=O)C#Cc1cnc(NC(=O)OC(C)(C)C)s1.Nc1ncc(Br)s1. The van der Waals surface area contributed by atoms with Crippen molar-refractivity contribution in [2.45, 2.75) is 139 Å². The average molecular weight is 1550 g/mol. The van der Waals surface area contributed by atoms with Crippen molar-refractivity contribution in [1.82, 2.24) is 29.9 Å². The van der Waals surface area contributed by atoms with Gasteiger partial charge in [0.15, 0.2) is 30.8 Å². The Kier molecular flexibility index (Phi) is 37.1. The smallest absolute Gasteiger partial charge is 0.413 e. The molecule has 8 N–H and O–H groups in total. The zero-order chi connectivity index (χ0) is 67.1. The van der Waals surface area contributed by atoms with Crippen LogP contribution < -0.4 is 32.7 Å². The summed E-state index contributed by atoms with van der Waals surface area (Å²) in [6.45, 7) is 32.2. The maximum atomic E-state index is 11.6. The van der Waals surface area contributed by atoms with E-state index in [0.29, 0.717) is 52.0 Å². The number of rotatable bonds is 6. The predicted octanol–water partition coefficient (Wildman–Crippen LogP) is 14.6. The van der Waals surface area contributed by atoms with Crippen LogP contribution in [0, 0.1) is 47.5 Å². The number of thiazole rings is 6. The van der Waals surface area contributed by atoms with E-state index < -0.39 is 66.8 Å². The van der Waals surface area contributed by atoms with Gasteiger partial charge in [0.25, 0.3) is 0 Å². The summed E-state index contributed by atoms with van der Waals surface area (Å²) in [4.78, 5) is 93.7. The van der Waals surface area contributed by atoms with E-state index in [1.807, 2.05) is 41.5 Å². The molecular formula is C55H71Br3N12O12S6Si. The van der Waals surface area contributed by atoms with E-state index in [9.17, 15) is 28.8 Å². The van der Waals surface area contributed by atoms with Gasteiger partial charge in [0, 0.05) is 11.8 Å². The number of nitrogen functional groups attached to an aromatic ring is 2. The first-order chi connectivity index (χ1) is 40.6. The molecule has 0 aliphatic rings. The maximum absolute atomic E-state index is 11.6. The molecular weight excluding hydrogens is 1480 g/mol. The van der Waals surface area contributed by atoms with Crippen LogP contribution in [0.2, 0.25) is 19.6 Å². The zero-order valence-electron chi connectivity index (χ0n) is 51.8. The molecule has 6 aromatic heterocycles. The standard InChI is InChI=1S/C13H16N2O4S.C13H20N2O2SSi.C10H12N2O2S.C8H11BrN2O2S.C8H8N2O2S.C3H3BrN2S.BrH/c1-5-18-10(16)7-6-9-8-14-11(20-9)15-12(17)19-13(2,3)4;1-13(2,3)17-12(16)15-11-14-9-10(18-11)7-8-19(4,5)6;1-5-7-6-11-8(15-7)12-9(13)14-10(2,3)4;1-8(2,3)13-7(12)11-6-10-4-5(9)14-6;1-2-12-7(11)4-3-6-5-10-8(9)13-6;4-2-1-6-3(5)7-2;/h8H,5H2,1-4H3,(H,14,15,17);9H,1-6H3,(H,14,15,16);1,6H,2-4H3,(H,11,12,13);4H,1-3H3,(H,10,11,12);5H,2H2,1H3,(H2,9,10);1H,(H2,5,6);1H. The van der Waals surface area contributed by atoms with Gasteiger partial charge >= 0.3 is 36.3 Å². The number of terminal acetylenes is 1. The molecule has 4 amide bonds. The second-order valence-corrected chi connectivity index (χ2v) is 35.0. The van der Waals surface area contributed by atoms with Crippen molar-refractivity contribution in [2.24, 2.45) is 0 Å². The summed E-state index contributed by atoms with van der Waals surface area (Å²) in [6.07, 6.45) is 12.6. The lowest BCUT2D eigenvalue weighted by atomic mass is 10.2. The molecule has 0 spiro atoms. The molecule has 0 saturated carbocycles. The van der Waals surface area contributed by atoms with Crippen LogP contribution in [-0.4, -0.2) is 110 Å². The van der Waals surface area contributed by atoms with Gasteiger partial charge in [-0.1, -0.05) is 99.5 Å². The van der Waals surface area contributed by atoms with Crippen LogP contribution in [0.5, 0.6) is 0 Å². The summed E-state index contributed by atoms with van der Waals surface area (Å²) in [5.74, 6) is 14.3. The number of aromatic nitrogens is 6. The minimum absolute atomic E-state index is 0. The van der Waals surface area contributed by atoms with Crippen LogP contribution >= 0.6 is 117 Å². The van der Waals surface area contributed by atoms with Crippen molar-refractivity contribution >= 4 is 192 Å². The lowest BCUT2D eigenvalue weighted by Gasteiger charge is -2.18. The molecule has 0 aliphatic heterocycles. The summed E-state index contributed by atoms with van der Waals surface area (Å²) in [5.41, 5.74) is 11.8. The summed E-state index contributed by atoms with van der Waals surface area (Å²) >= 11 is 14.2. The molecule has 24 nitrogen and oxygen atoms in total. The molecule has 0 radical (unpaired) electrons. The Labute approximate surface area is 571 Å². The molecule has 0 aromatic carbocycles. The second kappa shape index (κ2) is 40.1. The van der Waals surface area contributed by atoms with Gasteiger partial charge in [-0.05, 0) is 141 Å². The van der Waals surface area contributed by atoms with E-state index in [0.717, 1.165) is 23.8 Å². The number of nitrogens with zero attached hydrogens (tertiary/aromatic N) is 6. The molecule has 89 heavy (non-hydrogen) atoms. The van der Waals surface area contributed by atoms with E-state index in [1.54, 1.807) is 74.0 Å². The largest absolute Gasteiger partial charge is 0.456 e. The normalized spacial score (nSPS) is 10.3. The quantitative estimate of drug-likeness (QED) is 0.0390. The fraction of sp³-hybridized carbons (Fsp3) is 0.418. The molecule has 0 atom stereocenters. The van der Waals surface area contributed by atoms with Gasteiger partial charge in [0.1, 0.15) is 30.5 Å². The molecule has 34 heteroatoms. The van der Waals surface area contributed by atoms with E-state index >= 15 is 0 Å². The number of nitrogens with two attached hydrogens (primary N) is 2. The number of ether oxygens (including phenoxy) is 6. The fourth-order valence-electron chi connectivity index (χ4n) is 4.48. The Hall–Kier alpha value is -6.70. The minimum atomic E-state index is -1.39. The third-order valence-electron chi connectivity index (χ3n) is 7.27. The first-order valence-corrected chi connectivity index (χ1v) is 35.6. The monoisotopic (exact) mass is 1550 g/mol. The number of carbonyl (C=O) groups is 6. The average Bonchev–Trinajstić information content (AvgIpc) is 4.50. The highest BCUT2D eigenvalue weighted by Crippen LogP contribution is 2.25. The van der Waals surface area contributed by atoms with Crippen LogP contribution in [0.3, 0.4) is 0 Å². The topological polar surface area (TPSA) is 335 Å². The first kappa shape index (κ1) is 82.3. The fourth-order valence-corrected chi connectivity index (χ4v) is 9.64. The summed E-state index contributed by atoms with van der Waals surface area (Å²) < 4.78 is 31.5. The highest BCUT2D eigenvalue weighted by Gasteiger charge is 2.20. The molecule has 6 aromatic rings. The Morgan fingerprint density at radius 1 is 0.483 bits per heavy atom. The molecule has 0 aliphatic carbocycles. The van der Waals surface area contributed by atoms with Gasteiger partial charge in [0.05, 0.1) is 77.5 Å². The molecule has 0 bridgehead atoms. The summed E-state index contributed by atoms with van der Waals surface area (Å²) in [6, 6.07) is 0. The van der Waals surface area contributed by atoms with E-state index in [1.165, 1.54) is 75.3 Å². The van der Waals surface area contributed by atoms with Crippen molar-refractivity contribution in [3.05, 3.63) is 64.3 Å². The number of hydrogen-bond acceptors (Lipinski definition) is 26. The Balaban J connectivity index is 0.00000106. The highest BCUT2D eigenvalue weighted by atomic mass is 79.9. The second-order valence-electron chi connectivity index (χ2n) is 21.2. The lowest BCUT2D eigenvalue weighted by molar-refractivity contribution is -0.137. The Bertz CT molecular complexity index is 3460. The van der Waals surface area contributed by atoms with Gasteiger partial charge < -0.3 is 39.9 Å². The third-order valence-corrected chi connectivity index (χ3v) is 14.1. The van der Waals surface area contributed by atoms with Crippen LogP contribution in [0.25, 0.3) is 0 Å². The van der Waals surface area contributed by atoms with Crippen molar-refractivity contribution < 1.29 is 57.2 Å². The van der Waals surface area contributed by atoms with Crippen molar-refractivity contribution in [2.75, 3.05) is 45.9 Å². The molecule has 484 valence electrons. The van der Waals surface area contributed by atoms with Crippen molar-refractivity contribution in [3.8, 4) is 47.5 Å². The number of amides is 4. The van der Waals surface area contributed by atoms with E-state index in [4.69, 9.17) is 36.8 Å². The number of anilines is 6. The minimum Gasteiger partial charge on any atom is -0.456 e. The summed E-state index contributed by atoms with van der Waals surface area (Å²) in [7, 11) is -1.39. The number of nitrogens with one attached hydrogen (secondary N) is 4. The molecule has 0 saturated heterocycles. The molecule has 0 fully saturated rings. The number of carbonyl (C=O) groups excluding carboxylic acids is 6. The van der Waals surface area contributed by atoms with E-state index in [2.05, 4.69) is 153 Å². The van der Waals surface area contributed by atoms with Crippen LogP contribution in [0.4, 0.5) is 50.0 Å². The van der Waals surface area contributed by atoms with Crippen molar-refractivity contribution in [3.63, 3.8) is 0 Å². The Morgan fingerprint density at radius 3 is 1.04 bits per heavy atom. The Morgan fingerprint density at radius 2 is 0.775 bits per heavy atom.